The first kappa shape index (κ1) is 18.7. The second kappa shape index (κ2) is 10.5. The summed E-state index contributed by atoms with van der Waals surface area (Å²) in [5.74, 6) is -0.981. The lowest BCUT2D eigenvalue weighted by Crippen LogP contribution is -2.47. The van der Waals surface area contributed by atoms with Crippen molar-refractivity contribution in [1.82, 2.24) is 15.5 Å². The first-order valence-corrected chi connectivity index (χ1v) is 7.39. The zero-order valence-electron chi connectivity index (χ0n) is 13.1. The van der Waals surface area contributed by atoms with Crippen molar-refractivity contribution in [3.63, 3.8) is 0 Å². The quantitative estimate of drug-likeness (QED) is 0.571. The third-order valence-electron chi connectivity index (χ3n) is 3.54. The predicted octanol–water partition coefficient (Wildman–Crippen LogP) is 1.66. The topological polar surface area (TPSA) is 81.7 Å². The maximum absolute atomic E-state index is 11.6. The van der Waals surface area contributed by atoms with Crippen LogP contribution < -0.4 is 10.6 Å². The van der Waals surface area contributed by atoms with Gasteiger partial charge in [-0.1, -0.05) is 26.7 Å². The van der Waals surface area contributed by atoms with E-state index in [0.29, 0.717) is 19.0 Å². The first-order valence-electron chi connectivity index (χ1n) is 7.39. The van der Waals surface area contributed by atoms with Crippen LogP contribution in [-0.2, 0) is 4.79 Å². The molecule has 118 valence electrons. The van der Waals surface area contributed by atoms with Crippen LogP contribution in [0.3, 0.4) is 0 Å². The van der Waals surface area contributed by atoms with Crippen molar-refractivity contribution in [3.05, 3.63) is 0 Å². The molecule has 6 nitrogen and oxygen atoms in total. The first-order chi connectivity index (χ1) is 9.42. The molecule has 0 aliphatic heterocycles. The van der Waals surface area contributed by atoms with Crippen LogP contribution in [0.2, 0.25) is 0 Å². The van der Waals surface area contributed by atoms with E-state index in [0.717, 1.165) is 25.8 Å². The summed E-state index contributed by atoms with van der Waals surface area (Å²) in [6.45, 7) is 7.49. The number of amides is 2. The Morgan fingerprint density at radius 2 is 1.95 bits per heavy atom. The standard InChI is InChI=1S/C14H29N3O3/c1-5-7-8-12(13(18)19)16-14(20)15-9-10-17(4)11(3)6-2/h11-12H,5-10H2,1-4H3,(H,18,19)(H2,15,16,20). The van der Waals surface area contributed by atoms with Crippen LogP contribution in [0.5, 0.6) is 0 Å². The number of nitrogens with zero attached hydrogens (tertiary/aromatic N) is 1. The summed E-state index contributed by atoms with van der Waals surface area (Å²) in [5.41, 5.74) is 0. The Hall–Kier alpha value is -1.30. The number of carbonyl (C=O) groups is 2. The van der Waals surface area contributed by atoms with Gasteiger partial charge >= 0.3 is 12.0 Å². The van der Waals surface area contributed by atoms with E-state index in [9.17, 15) is 9.59 Å². The van der Waals surface area contributed by atoms with Crippen LogP contribution in [0.15, 0.2) is 0 Å². The number of nitrogens with one attached hydrogen (secondary N) is 2. The molecule has 2 unspecified atom stereocenters. The number of unbranched alkanes of at least 4 members (excludes halogenated alkanes) is 1. The van der Waals surface area contributed by atoms with Gasteiger partial charge in [-0.3, -0.25) is 0 Å². The van der Waals surface area contributed by atoms with Crippen LogP contribution in [0, 0.1) is 0 Å². The molecule has 0 aromatic carbocycles. The molecule has 0 saturated heterocycles. The van der Waals surface area contributed by atoms with Crippen LogP contribution in [0.4, 0.5) is 4.79 Å². The molecule has 0 fully saturated rings. The Morgan fingerprint density at radius 3 is 2.45 bits per heavy atom. The number of rotatable bonds is 10. The highest BCUT2D eigenvalue weighted by atomic mass is 16.4. The van der Waals surface area contributed by atoms with Crippen molar-refractivity contribution in [2.75, 3.05) is 20.1 Å². The molecular weight excluding hydrogens is 258 g/mol. The maximum atomic E-state index is 11.6. The summed E-state index contributed by atoms with van der Waals surface area (Å²) in [6.07, 6.45) is 3.22. The van der Waals surface area contributed by atoms with Gasteiger partial charge in [0.2, 0.25) is 0 Å². The highest BCUT2D eigenvalue weighted by molar-refractivity contribution is 5.82. The number of carbonyl (C=O) groups excluding carboxylic acids is 1. The Labute approximate surface area is 121 Å². The lowest BCUT2D eigenvalue weighted by Gasteiger charge is -2.23. The largest absolute Gasteiger partial charge is 0.480 e. The van der Waals surface area contributed by atoms with Crippen molar-refractivity contribution in [2.45, 2.75) is 58.5 Å². The van der Waals surface area contributed by atoms with Gasteiger partial charge in [0.1, 0.15) is 6.04 Å². The number of urea groups is 1. The molecule has 0 aliphatic rings. The predicted molar refractivity (Wildman–Crippen MR) is 79.9 cm³/mol. The second-order valence-corrected chi connectivity index (χ2v) is 5.17. The molecule has 6 heteroatoms. The maximum Gasteiger partial charge on any atom is 0.326 e. The fraction of sp³-hybridized carbons (Fsp3) is 0.857. The van der Waals surface area contributed by atoms with Gasteiger partial charge in [-0.2, -0.15) is 0 Å². The third-order valence-corrected chi connectivity index (χ3v) is 3.54. The van der Waals surface area contributed by atoms with Crippen LogP contribution in [0.1, 0.15) is 46.5 Å². The van der Waals surface area contributed by atoms with E-state index in [-0.39, 0.29) is 0 Å². The molecule has 0 aliphatic carbocycles. The van der Waals surface area contributed by atoms with E-state index in [2.05, 4.69) is 29.4 Å². The van der Waals surface area contributed by atoms with Crippen LogP contribution >= 0.6 is 0 Å². The molecule has 0 radical (unpaired) electrons. The summed E-state index contributed by atoms with van der Waals surface area (Å²) in [6, 6.07) is -0.746. The second-order valence-electron chi connectivity index (χ2n) is 5.17. The smallest absolute Gasteiger partial charge is 0.326 e. The van der Waals surface area contributed by atoms with Gasteiger partial charge < -0.3 is 20.6 Å². The molecule has 0 aromatic rings. The van der Waals surface area contributed by atoms with Crippen LogP contribution in [-0.4, -0.2) is 54.2 Å². The van der Waals surface area contributed by atoms with E-state index in [4.69, 9.17) is 5.11 Å². The monoisotopic (exact) mass is 287 g/mol. The minimum atomic E-state index is -0.981. The fourth-order valence-electron chi connectivity index (χ4n) is 1.75. The van der Waals surface area contributed by atoms with Gasteiger partial charge in [0.25, 0.3) is 0 Å². The molecule has 0 heterocycles. The van der Waals surface area contributed by atoms with E-state index in [1.54, 1.807) is 0 Å². The van der Waals surface area contributed by atoms with Crippen LogP contribution in [0.25, 0.3) is 0 Å². The summed E-state index contributed by atoms with van der Waals surface area (Å²) in [5, 5.41) is 14.2. The molecule has 0 saturated carbocycles. The normalized spacial score (nSPS) is 13.8. The molecule has 2 atom stereocenters. The molecule has 0 spiro atoms. The highest BCUT2D eigenvalue weighted by Gasteiger charge is 2.18. The average molecular weight is 287 g/mol. The van der Waals surface area contributed by atoms with Crippen molar-refractivity contribution >= 4 is 12.0 Å². The minimum absolute atomic E-state index is 0.411. The molecular formula is C14H29N3O3. The van der Waals surface area contributed by atoms with E-state index >= 15 is 0 Å². The Morgan fingerprint density at radius 1 is 1.30 bits per heavy atom. The number of likely N-dealkylation sites (N-methyl/N-ethyl adjacent to an activating group) is 1. The number of carboxylic acid groups (broad SMARTS) is 1. The molecule has 0 bridgehead atoms. The van der Waals surface area contributed by atoms with Gasteiger partial charge in [-0.15, -0.1) is 0 Å². The van der Waals surface area contributed by atoms with Gasteiger partial charge in [0, 0.05) is 19.1 Å². The summed E-state index contributed by atoms with van der Waals surface area (Å²) in [7, 11) is 2.01. The Kier molecular flexibility index (Phi) is 9.80. The summed E-state index contributed by atoms with van der Waals surface area (Å²) >= 11 is 0. The fourth-order valence-corrected chi connectivity index (χ4v) is 1.75. The zero-order chi connectivity index (χ0) is 15.5. The Balaban J connectivity index is 3.99. The average Bonchev–Trinajstić information content (AvgIpc) is 2.41. The lowest BCUT2D eigenvalue weighted by molar-refractivity contribution is -0.139. The zero-order valence-corrected chi connectivity index (χ0v) is 13.1. The summed E-state index contributed by atoms with van der Waals surface area (Å²) < 4.78 is 0. The Bertz CT molecular complexity index is 297. The number of hydrogen-bond acceptors (Lipinski definition) is 3. The van der Waals surface area contributed by atoms with Crippen molar-refractivity contribution in [1.29, 1.82) is 0 Å². The van der Waals surface area contributed by atoms with E-state index in [1.807, 2.05) is 14.0 Å². The molecule has 3 N–H and O–H groups in total. The SMILES string of the molecule is CCCCC(NC(=O)NCCN(C)C(C)CC)C(=O)O. The number of hydrogen-bond donors (Lipinski definition) is 3. The lowest BCUT2D eigenvalue weighted by atomic mass is 10.1. The van der Waals surface area contributed by atoms with E-state index < -0.39 is 18.0 Å². The van der Waals surface area contributed by atoms with Gasteiger partial charge in [-0.25, -0.2) is 9.59 Å². The van der Waals surface area contributed by atoms with Gasteiger partial charge in [-0.05, 0) is 26.8 Å². The van der Waals surface area contributed by atoms with Crippen molar-refractivity contribution < 1.29 is 14.7 Å². The molecule has 20 heavy (non-hydrogen) atoms. The molecule has 0 aromatic heterocycles. The number of aliphatic carboxylic acids is 1. The van der Waals surface area contributed by atoms with Gasteiger partial charge in [0.15, 0.2) is 0 Å². The van der Waals surface area contributed by atoms with Gasteiger partial charge in [0.05, 0.1) is 0 Å². The third kappa shape index (κ3) is 7.99. The molecule has 0 rings (SSSR count). The molecule has 2 amide bonds. The summed E-state index contributed by atoms with van der Waals surface area (Å²) in [4.78, 5) is 24.8. The minimum Gasteiger partial charge on any atom is -0.480 e. The highest BCUT2D eigenvalue weighted by Crippen LogP contribution is 2.01. The van der Waals surface area contributed by atoms with E-state index in [1.165, 1.54) is 0 Å². The van der Waals surface area contributed by atoms with Crippen molar-refractivity contribution in [2.24, 2.45) is 0 Å². The van der Waals surface area contributed by atoms with Crippen molar-refractivity contribution in [3.8, 4) is 0 Å². The number of carboxylic acids is 1.